The Labute approximate surface area is 179 Å². The molecule has 0 aliphatic rings. The Balaban J connectivity index is -0.000000772. The first kappa shape index (κ1) is 31.1. The summed E-state index contributed by atoms with van der Waals surface area (Å²) in [4.78, 5) is 0. The van der Waals surface area contributed by atoms with Gasteiger partial charge in [-0.05, 0) is 25.7 Å². The monoisotopic (exact) mass is 400 g/mol. The zero-order chi connectivity index (χ0) is 19.2. The average molecular weight is 401 g/mol. The van der Waals surface area contributed by atoms with Gasteiger partial charge in [-0.15, -0.1) is 0 Å². The Bertz CT molecular complexity index is 362. The van der Waals surface area contributed by atoms with Crippen molar-refractivity contribution in [1.82, 2.24) is 0 Å². The summed E-state index contributed by atoms with van der Waals surface area (Å²) in [5.41, 5.74) is 0. The fourth-order valence-electron chi connectivity index (χ4n) is 2.67. The molecule has 0 saturated heterocycles. The van der Waals surface area contributed by atoms with E-state index in [0.29, 0.717) is 0 Å². The second kappa shape index (κ2) is 25.4. The zero-order valence-corrected chi connectivity index (χ0v) is 19.4. The topological polar surface area (TPSA) is 80.3 Å². The first-order valence-electron chi connectivity index (χ1n) is 10.2. The molecule has 0 spiro atoms. The molecule has 0 aromatic carbocycles. The molecule has 0 bridgehead atoms. The molecular weight excluding hydrogens is 361 g/mol. The normalized spacial score (nSPS) is 11.1. The van der Waals surface area contributed by atoms with E-state index in [1.165, 1.54) is 103 Å². The Hall–Kier alpha value is 0.376. The van der Waals surface area contributed by atoms with Crippen LogP contribution >= 0.6 is 0 Å². The molecule has 0 saturated carbocycles. The smallest absolute Gasteiger partial charge is 0.759 e. The van der Waals surface area contributed by atoms with Crippen molar-refractivity contribution in [2.75, 3.05) is 0 Å². The summed E-state index contributed by atoms with van der Waals surface area (Å²) in [7, 11) is -5.17. The second-order valence-corrected chi connectivity index (χ2v) is 7.52. The van der Waals surface area contributed by atoms with Crippen molar-refractivity contribution in [3.05, 3.63) is 12.2 Å². The Kier molecular flexibility index (Phi) is 30.3. The van der Waals surface area contributed by atoms with Gasteiger partial charge in [0.1, 0.15) is 0 Å². The molecule has 0 radical (unpaired) electrons. The minimum absolute atomic E-state index is 0. The molecule has 0 atom stereocenters. The van der Waals surface area contributed by atoms with Crippen LogP contribution in [-0.2, 0) is 10.4 Å². The maximum absolute atomic E-state index is 8.52. The molecule has 0 rings (SSSR count). The molecule has 0 fully saturated rings. The Morgan fingerprint density at radius 1 is 0.577 bits per heavy atom. The van der Waals surface area contributed by atoms with E-state index in [0.717, 1.165) is 0 Å². The second-order valence-electron chi connectivity index (χ2n) is 6.70. The van der Waals surface area contributed by atoms with Gasteiger partial charge in [-0.1, -0.05) is 103 Å². The third-order valence-electron chi connectivity index (χ3n) is 4.12. The molecule has 0 aliphatic carbocycles. The van der Waals surface area contributed by atoms with Gasteiger partial charge in [0, 0.05) is 10.4 Å². The van der Waals surface area contributed by atoms with Crippen LogP contribution in [0.1, 0.15) is 117 Å². The van der Waals surface area contributed by atoms with Crippen molar-refractivity contribution in [1.29, 1.82) is 0 Å². The molecule has 152 valence electrons. The van der Waals surface area contributed by atoms with Crippen molar-refractivity contribution in [2.24, 2.45) is 0 Å². The number of unbranched alkanes of at least 4 members (excludes halogenated alkanes) is 14. The van der Waals surface area contributed by atoms with Crippen LogP contribution in [0.4, 0.5) is 0 Å². The van der Waals surface area contributed by atoms with Crippen molar-refractivity contribution in [3.8, 4) is 0 Å². The van der Waals surface area contributed by atoms with E-state index in [1.807, 2.05) is 0 Å². The Morgan fingerprint density at radius 3 is 1.08 bits per heavy atom. The number of hydrogen-bond donors (Lipinski definition) is 0. The Morgan fingerprint density at radius 2 is 0.808 bits per heavy atom. The minimum atomic E-state index is -5.17. The minimum Gasteiger partial charge on any atom is -0.759 e. The van der Waals surface area contributed by atoms with Gasteiger partial charge in [0.05, 0.1) is 0 Å². The van der Waals surface area contributed by atoms with Crippen LogP contribution in [-0.4, -0.2) is 40.6 Å². The largest absolute Gasteiger partial charge is 2.00 e. The van der Waals surface area contributed by atoms with Gasteiger partial charge in [0.15, 0.2) is 0 Å². The van der Waals surface area contributed by atoms with Crippen LogP contribution in [0.3, 0.4) is 0 Å². The molecule has 6 heteroatoms. The van der Waals surface area contributed by atoms with Crippen LogP contribution in [0.5, 0.6) is 0 Å². The SMILES string of the molecule is CCCCCCCC/C=C\CCCCCCCCCC.O=S(=O)([O-])[O-].[Mg+2]. The van der Waals surface area contributed by atoms with Gasteiger partial charge < -0.3 is 9.11 Å². The molecule has 0 N–H and O–H groups in total. The molecule has 0 amide bonds. The van der Waals surface area contributed by atoms with Crippen molar-refractivity contribution >= 4 is 33.5 Å². The maximum Gasteiger partial charge on any atom is 2.00 e. The molecule has 4 nitrogen and oxygen atoms in total. The summed E-state index contributed by atoms with van der Waals surface area (Å²) in [6.45, 7) is 4.57. The molecule has 0 aromatic heterocycles. The van der Waals surface area contributed by atoms with E-state index in [1.54, 1.807) is 0 Å². The summed E-state index contributed by atoms with van der Waals surface area (Å²) < 4.78 is 34.1. The third kappa shape index (κ3) is 44.1. The number of allylic oxidation sites excluding steroid dienone is 2. The van der Waals surface area contributed by atoms with E-state index >= 15 is 0 Å². The molecule has 0 aliphatic heterocycles. The predicted molar refractivity (Wildman–Crippen MR) is 111 cm³/mol. The van der Waals surface area contributed by atoms with Crippen molar-refractivity contribution < 1.29 is 17.5 Å². The van der Waals surface area contributed by atoms with E-state index < -0.39 is 10.4 Å². The zero-order valence-electron chi connectivity index (χ0n) is 17.2. The third-order valence-corrected chi connectivity index (χ3v) is 4.12. The molecule has 0 unspecified atom stereocenters. The van der Waals surface area contributed by atoms with Gasteiger partial charge >= 0.3 is 23.1 Å². The summed E-state index contributed by atoms with van der Waals surface area (Å²) in [6.07, 6.45) is 27.4. The van der Waals surface area contributed by atoms with Gasteiger partial charge in [-0.2, -0.15) is 0 Å². The maximum atomic E-state index is 8.52. The number of rotatable bonds is 16. The first-order valence-corrected chi connectivity index (χ1v) is 11.6. The van der Waals surface area contributed by atoms with Gasteiger partial charge in [0.2, 0.25) is 0 Å². The van der Waals surface area contributed by atoms with E-state index in [2.05, 4.69) is 26.0 Å². The summed E-state index contributed by atoms with van der Waals surface area (Å²) >= 11 is 0. The molecule has 26 heavy (non-hydrogen) atoms. The number of hydrogen-bond acceptors (Lipinski definition) is 4. The van der Waals surface area contributed by atoms with Gasteiger partial charge in [-0.25, -0.2) is 0 Å². The van der Waals surface area contributed by atoms with E-state index in [9.17, 15) is 0 Å². The molecule has 0 aromatic rings. The van der Waals surface area contributed by atoms with Crippen molar-refractivity contribution in [3.63, 3.8) is 0 Å². The predicted octanol–water partition coefficient (Wildman–Crippen LogP) is 6.11. The van der Waals surface area contributed by atoms with Crippen LogP contribution in [0.15, 0.2) is 12.2 Å². The average Bonchev–Trinajstić information content (AvgIpc) is 2.53. The van der Waals surface area contributed by atoms with Crippen LogP contribution in [0.25, 0.3) is 0 Å². The fraction of sp³-hybridized carbons (Fsp3) is 0.900. The van der Waals surface area contributed by atoms with Gasteiger partial charge in [-0.3, -0.25) is 8.42 Å². The van der Waals surface area contributed by atoms with Gasteiger partial charge in [0.25, 0.3) is 0 Å². The molecule has 0 heterocycles. The first-order chi connectivity index (χ1) is 11.9. The standard InChI is InChI=1S/C20H40.Mg.H2O4S/c1-3-5-7-9-11-13-15-17-19-20-18-16-14-12-10-8-6-4-2;;1-5(2,3)4/h17,19H,3-16,18,20H2,1-2H3;;(H2,1,2,3,4)/q;+2;/p-2/b19-17-;;. The van der Waals surface area contributed by atoms with E-state index in [4.69, 9.17) is 17.5 Å². The van der Waals surface area contributed by atoms with Crippen LogP contribution in [0.2, 0.25) is 0 Å². The fourth-order valence-corrected chi connectivity index (χ4v) is 2.67. The van der Waals surface area contributed by atoms with Crippen LogP contribution < -0.4 is 0 Å². The quantitative estimate of drug-likeness (QED) is 0.103. The van der Waals surface area contributed by atoms with Crippen molar-refractivity contribution in [2.45, 2.75) is 117 Å². The molecular formula is C20H40MgO4S. The summed E-state index contributed by atoms with van der Waals surface area (Å²) in [6, 6.07) is 0. The van der Waals surface area contributed by atoms with Crippen LogP contribution in [0, 0.1) is 0 Å². The summed E-state index contributed by atoms with van der Waals surface area (Å²) in [5, 5.41) is 0. The van der Waals surface area contributed by atoms with E-state index in [-0.39, 0.29) is 23.1 Å². The summed E-state index contributed by atoms with van der Waals surface area (Å²) in [5.74, 6) is 0.